The van der Waals surface area contributed by atoms with E-state index in [-0.39, 0.29) is 34.1 Å². The van der Waals surface area contributed by atoms with Gasteiger partial charge in [-0.2, -0.15) is 4.31 Å². The molecule has 1 fully saturated rings. The third kappa shape index (κ3) is 4.16. The predicted octanol–water partition coefficient (Wildman–Crippen LogP) is 2.90. The van der Waals surface area contributed by atoms with Crippen molar-refractivity contribution in [2.45, 2.75) is 30.8 Å². The van der Waals surface area contributed by atoms with E-state index in [2.05, 4.69) is 15.3 Å². The fourth-order valence-corrected chi connectivity index (χ4v) is 5.81. The van der Waals surface area contributed by atoms with Crippen molar-refractivity contribution < 1.29 is 12.8 Å². The van der Waals surface area contributed by atoms with Crippen LogP contribution in [0.2, 0.25) is 0 Å². The summed E-state index contributed by atoms with van der Waals surface area (Å²) >= 11 is 0. The molecule has 2 heterocycles. The summed E-state index contributed by atoms with van der Waals surface area (Å²) < 4.78 is 43.4. The molecule has 1 aliphatic rings. The van der Waals surface area contributed by atoms with Crippen molar-refractivity contribution in [1.82, 2.24) is 19.6 Å². The van der Waals surface area contributed by atoms with Gasteiger partial charge < -0.3 is 11.1 Å². The molecule has 3 aromatic rings. The number of nitrogen functional groups attached to an aromatic ring is 1. The summed E-state index contributed by atoms with van der Waals surface area (Å²) in [4.78, 5) is 8.21. The highest BCUT2D eigenvalue weighted by Crippen LogP contribution is 2.33. The van der Waals surface area contributed by atoms with E-state index in [0.717, 1.165) is 0 Å². The molecule has 0 radical (unpaired) electrons. The molecule has 4 rings (SSSR count). The summed E-state index contributed by atoms with van der Waals surface area (Å²) in [7, 11) is -3.76. The number of rotatable bonds is 4. The summed E-state index contributed by atoms with van der Waals surface area (Å²) in [6, 6.07) is 11.3. The zero-order valence-corrected chi connectivity index (χ0v) is 18.1. The number of nitrogens with two attached hydrogens (primary N) is 1. The summed E-state index contributed by atoms with van der Waals surface area (Å²) in [5, 5.41) is 3.34. The Bertz CT molecular complexity index is 1210. The molecule has 1 saturated heterocycles. The van der Waals surface area contributed by atoms with E-state index in [0.29, 0.717) is 24.2 Å². The first kappa shape index (κ1) is 21.4. The number of nitrogens with one attached hydrogen (secondary N) is 1. The standard InChI is InChI=1S/C22H24FN5O2S/c1-14-12-28(13-15(2)27-14)31(29,30)20-6-4-3-5-17(20)16-7-8-18(19(23)11-16)21-22(24)26-10-9-25-21/h3-11,14-15,27H,12-13H2,1-2H3,(H2,24,26). The molecule has 1 aromatic heterocycles. The van der Waals surface area contributed by atoms with Gasteiger partial charge in [0.05, 0.1) is 4.90 Å². The zero-order chi connectivity index (χ0) is 22.2. The number of halogens is 1. The summed E-state index contributed by atoms with van der Waals surface area (Å²) in [6.45, 7) is 4.66. The maximum Gasteiger partial charge on any atom is 0.243 e. The topological polar surface area (TPSA) is 101 Å². The molecule has 2 atom stereocenters. The minimum Gasteiger partial charge on any atom is -0.382 e. The highest BCUT2D eigenvalue weighted by atomic mass is 32.2. The fourth-order valence-electron chi connectivity index (χ4n) is 3.97. The van der Waals surface area contributed by atoms with Crippen LogP contribution in [0.4, 0.5) is 10.2 Å². The normalized spacial score (nSPS) is 20.0. The first-order chi connectivity index (χ1) is 14.8. The highest BCUT2D eigenvalue weighted by Gasteiger charge is 2.33. The average Bonchev–Trinajstić information content (AvgIpc) is 2.74. The van der Waals surface area contributed by atoms with E-state index < -0.39 is 15.8 Å². The molecular weight excluding hydrogens is 417 g/mol. The largest absolute Gasteiger partial charge is 0.382 e. The van der Waals surface area contributed by atoms with Crippen LogP contribution in [0.5, 0.6) is 0 Å². The molecule has 162 valence electrons. The van der Waals surface area contributed by atoms with Gasteiger partial charge in [0.15, 0.2) is 0 Å². The Labute approximate surface area is 181 Å². The van der Waals surface area contributed by atoms with Crippen LogP contribution in [0, 0.1) is 5.82 Å². The van der Waals surface area contributed by atoms with Crippen LogP contribution in [0.3, 0.4) is 0 Å². The van der Waals surface area contributed by atoms with Crippen LogP contribution >= 0.6 is 0 Å². The number of hydrogen-bond donors (Lipinski definition) is 2. The average molecular weight is 442 g/mol. The molecule has 0 amide bonds. The van der Waals surface area contributed by atoms with Crippen LogP contribution in [0.15, 0.2) is 59.8 Å². The Hall–Kier alpha value is -2.88. The van der Waals surface area contributed by atoms with Crippen LogP contribution in [-0.4, -0.2) is 47.9 Å². The molecule has 9 heteroatoms. The monoisotopic (exact) mass is 441 g/mol. The molecule has 0 bridgehead atoms. The van der Waals surface area contributed by atoms with Crippen molar-refractivity contribution >= 4 is 15.8 Å². The van der Waals surface area contributed by atoms with Gasteiger partial charge in [-0.05, 0) is 37.6 Å². The summed E-state index contributed by atoms with van der Waals surface area (Å²) in [5.41, 5.74) is 7.18. The fraction of sp³-hybridized carbons (Fsp3) is 0.273. The molecule has 2 unspecified atom stereocenters. The summed E-state index contributed by atoms with van der Waals surface area (Å²) in [6.07, 6.45) is 2.88. The first-order valence-corrected chi connectivity index (χ1v) is 11.4. The highest BCUT2D eigenvalue weighted by molar-refractivity contribution is 7.89. The quantitative estimate of drug-likeness (QED) is 0.646. The second-order valence-electron chi connectivity index (χ2n) is 7.77. The van der Waals surface area contributed by atoms with E-state index in [1.165, 1.54) is 22.8 Å². The van der Waals surface area contributed by atoms with E-state index in [4.69, 9.17) is 5.73 Å². The lowest BCUT2D eigenvalue weighted by Crippen LogP contribution is -2.55. The smallest absolute Gasteiger partial charge is 0.243 e. The van der Waals surface area contributed by atoms with E-state index >= 15 is 0 Å². The van der Waals surface area contributed by atoms with Gasteiger partial charge in [0, 0.05) is 48.7 Å². The second kappa shape index (κ2) is 8.33. The van der Waals surface area contributed by atoms with Gasteiger partial charge in [0.2, 0.25) is 10.0 Å². The zero-order valence-electron chi connectivity index (χ0n) is 17.3. The van der Waals surface area contributed by atoms with Crippen molar-refractivity contribution in [2.24, 2.45) is 0 Å². The number of piperazine rings is 1. The van der Waals surface area contributed by atoms with Crippen molar-refractivity contribution in [3.8, 4) is 22.4 Å². The van der Waals surface area contributed by atoms with Crippen molar-refractivity contribution in [3.05, 3.63) is 60.7 Å². The van der Waals surface area contributed by atoms with Crippen LogP contribution in [0.25, 0.3) is 22.4 Å². The van der Waals surface area contributed by atoms with Gasteiger partial charge in [-0.3, -0.25) is 4.98 Å². The number of anilines is 1. The Morgan fingerprint density at radius 1 is 1.03 bits per heavy atom. The molecule has 1 aliphatic heterocycles. The predicted molar refractivity (Wildman–Crippen MR) is 118 cm³/mol. The van der Waals surface area contributed by atoms with Crippen LogP contribution in [0.1, 0.15) is 13.8 Å². The molecule has 31 heavy (non-hydrogen) atoms. The molecule has 2 aromatic carbocycles. The molecule has 7 nitrogen and oxygen atoms in total. The van der Waals surface area contributed by atoms with Gasteiger partial charge in [-0.15, -0.1) is 0 Å². The maximum atomic E-state index is 15.0. The van der Waals surface area contributed by atoms with Gasteiger partial charge in [0.1, 0.15) is 17.3 Å². The lowest BCUT2D eigenvalue weighted by molar-refractivity contribution is 0.263. The lowest BCUT2D eigenvalue weighted by Gasteiger charge is -2.35. The van der Waals surface area contributed by atoms with Gasteiger partial charge in [-0.1, -0.05) is 24.3 Å². The third-order valence-corrected chi connectivity index (χ3v) is 7.18. The van der Waals surface area contributed by atoms with Crippen molar-refractivity contribution in [1.29, 1.82) is 0 Å². The number of nitrogens with zero attached hydrogens (tertiary/aromatic N) is 3. The SMILES string of the molecule is CC1CN(S(=O)(=O)c2ccccc2-c2ccc(-c3nccnc3N)c(F)c2)CC(C)N1. The second-order valence-corrected chi connectivity index (χ2v) is 9.68. The van der Waals surface area contributed by atoms with E-state index in [1.54, 1.807) is 36.4 Å². The maximum absolute atomic E-state index is 15.0. The number of sulfonamides is 1. The number of aromatic nitrogens is 2. The minimum absolute atomic E-state index is 0.0415. The molecule has 3 N–H and O–H groups in total. The molecule has 0 aliphatic carbocycles. The lowest BCUT2D eigenvalue weighted by atomic mass is 10.0. The van der Waals surface area contributed by atoms with Gasteiger partial charge >= 0.3 is 0 Å². The Morgan fingerprint density at radius 3 is 2.39 bits per heavy atom. The van der Waals surface area contributed by atoms with Gasteiger partial charge in [-0.25, -0.2) is 17.8 Å². The third-order valence-electron chi connectivity index (χ3n) is 5.29. The van der Waals surface area contributed by atoms with Crippen LogP contribution < -0.4 is 11.1 Å². The number of hydrogen-bond acceptors (Lipinski definition) is 6. The number of benzene rings is 2. The van der Waals surface area contributed by atoms with E-state index in [1.807, 2.05) is 13.8 Å². The molecule has 0 saturated carbocycles. The Kier molecular flexibility index (Phi) is 5.74. The van der Waals surface area contributed by atoms with Gasteiger partial charge in [0.25, 0.3) is 0 Å². The Balaban J connectivity index is 1.76. The molecule has 0 spiro atoms. The summed E-state index contributed by atoms with van der Waals surface area (Å²) in [5.74, 6) is -0.430. The molecular formula is C22H24FN5O2S. The first-order valence-electron chi connectivity index (χ1n) is 9.99. The van der Waals surface area contributed by atoms with Crippen LogP contribution in [-0.2, 0) is 10.0 Å². The minimum atomic E-state index is -3.76. The van der Waals surface area contributed by atoms with Crippen molar-refractivity contribution in [3.63, 3.8) is 0 Å². The Morgan fingerprint density at radius 2 is 1.71 bits per heavy atom. The van der Waals surface area contributed by atoms with E-state index in [9.17, 15) is 12.8 Å². The van der Waals surface area contributed by atoms with Crippen molar-refractivity contribution in [2.75, 3.05) is 18.8 Å².